The Bertz CT molecular complexity index is 938. The highest BCUT2D eigenvalue weighted by atomic mass is 16.6. The van der Waals surface area contributed by atoms with Crippen molar-refractivity contribution in [3.63, 3.8) is 0 Å². The molecule has 0 atom stereocenters. The van der Waals surface area contributed by atoms with E-state index in [0.29, 0.717) is 5.56 Å². The molecule has 1 N–H and O–H groups in total. The van der Waals surface area contributed by atoms with Gasteiger partial charge in [0.2, 0.25) is 0 Å². The minimum atomic E-state index is -0.527. The largest absolute Gasteiger partial charge is 0.395 e. The fraction of sp³-hybridized carbons (Fsp3) is 0.200. The first-order chi connectivity index (χ1) is 13.4. The molecule has 0 unspecified atom stereocenters. The van der Waals surface area contributed by atoms with Gasteiger partial charge in [-0.3, -0.25) is 24.6 Å². The monoisotopic (exact) mass is 381 g/mol. The van der Waals surface area contributed by atoms with Crippen LogP contribution in [0.5, 0.6) is 0 Å². The van der Waals surface area contributed by atoms with E-state index in [1.165, 1.54) is 29.2 Å². The number of rotatable bonds is 7. The highest BCUT2D eigenvalue weighted by molar-refractivity contribution is 6.35. The molecule has 2 amide bonds. The molecule has 8 nitrogen and oxygen atoms in total. The van der Waals surface area contributed by atoms with Crippen molar-refractivity contribution < 1.29 is 19.6 Å². The zero-order valence-corrected chi connectivity index (χ0v) is 15.2. The molecule has 28 heavy (non-hydrogen) atoms. The van der Waals surface area contributed by atoms with Crippen LogP contribution in [0.2, 0.25) is 0 Å². The van der Waals surface area contributed by atoms with Crippen molar-refractivity contribution in [3.8, 4) is 0 Å². The number of carbonyl (C=O) groups excluding carboxylic acids is 2. The molecular formula is C20H19N3O5. The molecule has 144 valence electrons. The van der Waals surface area contributed by atoms with Gasteiger partial charge < -0.3 is 10.0 Å². The normalized spacial score (nSPS) is 14.0. The summed E-state index contributed by atoms with van der Waals surface area (Å²) in [5, 5.41) is 20.1. The first-order valence-corrected chi connectivity index (χ1v) is 8.65. The van der Waals surface area contributed by atoms with Crippen LogP contribution in [-0.2, 0) is 16.1 Å². The van der Waals surface area contributed by atoms with E-state index in [2.05, 4.69) is 0 Å². The molecule has 0 bridgehead atoms. The summed E-state index contributed by atoms with van der Waals surface area (Å²) in [6.07, 6.45) is 0. The van der Waals surface area contributed by atoms with Gasteiger partial charge in [0.25, 0.3) is 17.5 Å². The van der Waals surface area contributed by atoms with Crippen molar-refractivity contribution in [2.75, 3.05) is 20.2 Å². The van der Waals surface area contributed by atoms with Crippen LogP contribution in [0.15, 0.2) is 60.3 Å². The number of aliphatic hydroxyl groups is 1. The van der Waals surface area contributed by atoms with E-state index in [0.717, 1.165) is 10.5 Å². The number of hydrogen-bond acceptors (Lipinski definition) is 6. The Balaban J connectivity index is 2.02. The molecule has 1 heterocycles. The van der Waals surface area contributed by atoms with Gasteiger partial charge in [0.15, 0.2) is 0 Å². The maximum Gasteiger partial charge on any atom is 0.278 e. The number of nitro groups is 1. The molecule has 0 aliphatic carbocycles. The fourth-order valence-electron chi connectivity index (χ4n) is 3.10. The lowest BCUT2D eigenvalue weighted by Crippen LogP contribution is -2.34. The fourth-order valence-corrected chi connectivity index (χ4v) is 3.10. The van der Waals surface area contributed by atoms with Crippen LogP contribution in [0, 0.1) is 10.1 Å². The van der Waals surface area contributed by atoms with Crippen molar-refractivity contribution in [2.24, 2.45) is 0 Å². The van der Waals surface area contributed by atoms with Crippen LogP contribution < -0.4 is 0 Å². The number of hydrogen-bond donors (Lipinski definition) is 1. The molecule has 0 fully saturated rings. The van der Waals surface area contributed by atoms with Crippen molar-refractivity contribution in [1.29, 1.82) is 0 Å². The van der Waals surface area contributed by atoms with Crippen LogP contribution in [0.25, 0.3) is 5.57 Å². The van der Waals surface area contributed by atoms with Crippen LogP contribution in [-0.4, -0.2) is 51.8 Å². The predicted molar refractivity (Wildman–Crippen MR) is 102 cm³/mol. The van der Waals surface area contributed by atoms with Gasteiger partial charge in [-0.15, -0.1) is 0 Å². The number of likely N-dealkylation sites (N-methyl/N-ethyl adjacent to an activating group) is 1. The summed E-state index contributed by atoms with van der Waals surface area (Å²) in [4.78, 5) is 39.1. The number of imide groups is 1. The molecule has 1 aliphatic heterocycles. The number of carbonyl (C=O) groups is 2. The molecule has 0 aromatic heterocycles. The zero-order chi connectivity index (χ0) is 20.3. The van der Waals surface area contributed by atoms with E-state index < -0.39 is 16.7 Å². The third kappa shape index (κ3) is 3.63. The Morgan fingerprint density at radius 3 is 2.25 bits per heavy atom. The smallest absolute Gasteiger partial charge is 0.278 e. The maximum absolute atomic E-state index is 13.1. The Kier molecular flexibility index (Phi) is 5.51. The van der Waals surface area contributed by atoms with Crippen LogP contribution in [0.3, 0.4) is 0 Å². The first-order valence-electron chi connectivity index (χ1n) is 8.65. The number of nitro benzene ring substituents is 1. The van der Waals surface area contributed by atoms with E-state index in [1.807, 2.05) is 30.3 Å². The first kappa shape index (κ1) is 19.2. The maximum atomic E-state index is 13.1. The second-order valence-electron chi connectivity index (χ2n) is 6.35. The molecule has 2 aromatic carbocycles. The lowest BCUT2D eigenvalue weighted by molar-refractivity contribution is -0.384. The molecule has 3 rings (SSSR count). The average Bonchev–Trinajstić information content (AvgIpc) is 2.94. The highest BCUT2D eigenvalue weighted by Crippen LogP contribution is 2.32. The Labute approximate surface area is 161 Å². The van der Waals surface area contributed by atoms with E-state index in [4.69, 9.17) is 0 Å². The molecule has 0 spiro atoms. The molecule has 0 radical (unpaired) electrons. The Morgan fingerprint density at radius 1 is 1.04 bits per heavy atom. The van der Waals surface area contributed by atoms with Crippen molar-refractivity contribution in [1.82, 2.24) is 9.80 Å². The third-order valence-corrected chi connectivity index (χ3v) is 4.51. The van der Waals surface area contributed by atoms with Crippen molar-refractivity contribution in [2.45, 2.75) is 6.54 Å². The summed E-state index contributed by atoms with van der Waals surface area (Å²) in [5.41, 5.74) is 1.46. The standard InChI is InChI=1S/C20H19N3O5/c1-21(11-12-24)18-17(15-7-9-16(10-8-15)23(27)28)19(25)22(20(18)26)13-14-5-3-2-4-6-14/h2-10,24H,11-13H2,1H3. The average molecular weight is 381 g/mol. The molecule has 1 aliphatic rings. The topological polar surface area (TPSA) is 104 Å². The number of amides is 2. The van der Waals surface area contributed by atoms with Gasteiger partial charge in [-0.1, -0.05) is 30.3 Å². The van der Waals surface area contributed by atoms with Gasteiger partial charge in [-0.05, 0) is 23.3 Å². The second-order valence-corrected chi connectivity index (χ2v) is 6.35. The van der Waals surface area contributed by atoms with Crippen LogP contribution in [0.1, 0.15) is 11.1 Å². The van der Waals surface area contributed by atoms with Crippen molar-refractivity contribution >= 4 is 23.1 Å². The molecule has 0 saturated carbocycles. The summed E-state index contributed by atoms with van der Waals surface area (Å²) in [6.45, 7) is 0.100. The minimum Gasteiger partial charge on any atom is -0.395 e. The summed E-state index contributed by atoms with van der Waals surface area (Å²) in [7, 11) is 1.62. The van der Waals surface area contributed by atoms with E-state index in [1.54, 1.807) is 7.05 Å². The van der Waals surface area contributed by atoms with Crippen LogP contribution >= 0.6 is 0 Å². The zero-order valence-electron chi connectivity index (χ0n) is 15.2. The van der Waals surface area contributed by atoms with Gasteiger partial charge in [-0.2, -0.15) is 0 Å². The lowest BCUT2D eigenvalue weighted by Gasteiger charge is -2.20. The summed E-state index contributed by atoms with van der Waals surface area (Å²) in [6, 6.07) is 14.6. The van der Waals surface area contributed by atoms with Gasteiger partial charge in [-0.25, -0.2) is 0 Å². The number of benzene rings is 2. The van der Waals surface area contributed by atoms with Gasteiger partial charge in [0.1, 0.15) is 5.70 Å². The van der Waals surface area contributed by atoms with Gasteiger partial charge >= 0.3 is 0 Å². The molecular weight excluding hydrogens is 362 g/mol. The second kappa shape index (κ2) is 8.01. The van der Waals surface area contributed by atoms with E-state index in [9.17, 15) is 24.8 Å². The predicted octanol–water partition coefficient (Wildman–Crippen LogP) is 1.80. The van der Waals surface area contributed by atoms with E-state index >= 15 is 0 Å². The number of non-ortho nitro benzene ring substituents is 1. The van der Waals surface area contributed by atoms with Gasteiger partial charge in [0.05, 0.1) is 23.6 Å². The lowest BCUT2D eigenvalue weighted by atomic mass is 10.0. The number of aliphatic hydroxyl groups excluding tert-OH is 1. The minimum absolute atomic E-state index is 0.104. The SMILES string of the molecule is CN(CCO)C1=C(c2ccc([N+](=O)[O-])cc2)C(=O)N(Cc2ccccc2)C1=O. The molecule has 8 heteroatoms. The van der Waals surface area contributed by atoms with Crippen LogP contribution in [0.4, 0.5) is 5.69 Å². The molecule has 0 saturated heterocycles. The summed E-state index contributed by atoms with van der Waals surface area (Å²) in [5.74, 6) is -0.930. The Hall–Kier alpha value is -3.52. The van der Waals surface area contributed by atoms with E-state index in [-0.39, 0.29) is 36.7 Å². The van der Waals surface area contributed by atoms with Gasteiger partial charge in [0, 0.05) is 25.7 Å². The summed E-state index contributed by atoms with van der Waals surface area (Å²) >= 11 is 0. The molecule has 2 aromatic rings. The number of nitrogens with zero attached hydrogens (tertiary/aromatic N) is 3. The highest BCUT2D eigenvalue weighted by Gasteiger charge is 2.40. The van der Waals surface area contributed by atoms with Crippen molar-refractivity contribution in [3.05, 3.63) is 81.5 Å². The Morgan fingerprint density at radius 2 is 1.68 bits per heavy atom. The third-order valence-electron chi connectivity index (χ3n) is 4.51. The summed E-state index contributed by atoms with van der Waals surface area (Å²) < 4.78 is 0. The quantitative estimate of drug-likeness (QED) is 0.446.